The number of aromatic carboxylic acids is 1. The normalized spacial score (nSPS) is 12.6. The smallest absolute Gasteiger partial charge is 0.337 e. The van der Waals surface area contributed by atoms with E-state index < -0.39 is 27.6 Å². The molecule has 0 aliphatic rings. The quantitative estimate of drug-likeness (QED) is 0.586. The van der Waals surface area contributed by atoms with E-state index in [9.17, 15) is 14.4 Å². The van der Waals surface area contributed by atoms with E-state index >= 15 is 0 Å². The molecule has 1 rings (SSSR count). The standard InChI is InChI=1S/C7H4Cl2O2.C4H4Br2O4/c8-4-1-2-5(7(10)11)6(9)3-4;5-1(3(7)8)2(6)4(9)10/h1-3H,(H,10,11);1-2H,(H,7,8)(H,9,10). The summed E-state index contributed by atoms with van der Waals surface area (Å²) in [6, 6.07) is 4.25. The molecule has 0 aromatic heterocycles. The minimum Gasteiger partial charge on any atom is -0.480 e. The van der Waals surface area contributed by atoms with Crippen LogP contribution in [0.15, 0.2) is 18.2 Å². The molecule has 0 aliphatic heterocycles. The Morgan fingerprint density at radius 1 is 0.952 bits per heavy atom. The Morgan fingerprint density at radius 3 is 1.67 bits per heavy atom. The third-order valence-electron chi connectivity index (χ3n) is 1.89. The first-order chi connectivity index (χ1) is 9.57. The molecule has 0 fully saturated rings. The van der Waals surface area contributed by atoms with Crippen molar-refractivity contribution in [1.82, 2.24) is 0 Å². The molecule has 2 unspecified atom stereocenters. The second kappa shape index (κ2) is 9.24. The van der Waals surface area contributed by atoms with E-state index in [-0.39, 0.29) is 10.6 Å². The fraction of sp³-hybridized carbons (Fsp3) is 0.182. The molecule has 0 radical (unpaired) electrons. The molecule has 10 heteroatoms. The summed E-state index contributed by atoms with van der Waals surface area (Å²) in [5.74, 6) is -3.46. The zero-order valence-corrected chi connectivity index (χ0v) is 14.6. The van der Waals surface area contributed by atoms with Crippen LogP contribution in [0.2, 0.25) is 10.0 Å². The average molecular weight is 467 g/mol. The fourth-order valence-corrected chi connectivity index (χ4v) is 1.85. The number of alkyl halides is 2. The monoisotopic (exact) mass is 464 g/mol. The molecular formula is C11H8Br2Cl2O6. The molecule has 0 bridgehead atoms. The van der Waals surface area contributed by atoms with Crippen molar-refractivity contribution in [3.8, 4) is 0 Å². The summed E-state index contributed by atoms with van der Waals surface area (Å²) in [6.45, 7) is 0. The first kappa shape index (κ1) is 20.2. The lowest BCUT2D eigenvalue weighted by Crippen LogP contribution is -2.30. The van der Waals surface area contributed by atoms with Crippen LogP contribution in [0.1, 0.15) is 10.4 Å². The fourth-order valence-electron chi connectivity index (χ4n) is 0.913. The molecule has 116 valence electrons. The number of aliphatic carboxylic acids is 2. The molecule has 0 spiro atoms. The summed E-state index contributed by atoms with van der Waals surface area (Å²) in [7, 11) is 0. The first-order valence-electron chi connectivity index (χ1n) is 5.00. The highest BCUT2D eigenvalue weighted by Crippen LogP contribution is 2.20. The minimum absolute atomic E-state index is 0.0658. The van der Waals surface area contributed by atoms with E-state index in [1.807, 2.05) is 0 Å². The topological polar surface area (TPSA) is 112 Å². The van der Waals surface area contributed by atoms with Crippen molar-refractivity contribution in [1.29, 1.82) is 0 Å². The summed E-state index contributed by atoms with van der Waals surface area (Å²) in [5, 5.41) is 25.6. The Kier molecular flexibility index (Phi) is 8.88. The summed E-state index contributed by atoms with van der Waals surface area (Å²) >= 11 is 16.5. The van der Waals surface area contributed by atoms with Crippen LogP contribution in [0, 0.1) is 0 Å². The maximum absolute atomic E-state index is 10.4. The molecule has 2 atom stereocenters. The second-order valence-electron chi connectivity index (χ2n) is 3.41. The third-order valence-corrected chi connectivity index (χ3v) is 4.99. The molecule has 0 saturated heterocycles. The zero-order chi connectivity index (χ0) is 16.7. The zero-order valence-electron chi connectivity index (χ0n) is 9.96. The van der Waals surface area contributed by atoms with Crippen molar-refractivity contribution in [2.75, 3.05) is 0 Å². The maximum Gasteiger partial charge on any atom is 0.337 e. The molecular weight excluding hydrogens is 459 g/mol. The second-order valence-corrected chi connectivity index (χ2v) is 6.23. The number of hydrogen-bond acceptors (Lipinski definition) is 3. The Hall–Kier alpha value is -0.830. The lowest BCUT2D eigenvalue weighted by molar-refractivity contribution is -0.142. The molecule has 0 heterocycles. The minimum atomic E-state index is -1.20. The third kappa shape index (κ3) is 7.12. The van der Waals surface area contributed by atoms with Crippen molar-refractivity contribution in [2.24, 2.45) is 0 Å². The van der Waals surface area contributed by atoms with Gasteiger partial charge in [0, 0.05) is 5.02 Å². The van der Waals surface area contributed by atoms with Crippen molar-refractivity contribution in [3.05, 3.63) is 33.8 Å². The summed E-state index contributed by atoms with van der Waals surface area (Å²) in [6.07, 6.45) is 0. The van der Waals surface area contributed by atoms with Gasteiger partial charge in [0.1, 0.15) is 9.65 Å². The van der Waals surface area contributed by atoms with Gasteiger partial charge < -0.3 is 15.3 Å². The van der Waals surface area contributed by atoms with Crippen molar-refractivity contribution >= 4 is 73.0 Å². The van der Waals surface area contributed by atoms with Gasteiger partial charge in [0.15, 0.2) is 0 Å². The van der Waals surface area contributed by atoms with E-state index in [0.29, 0.717) is 5.02 Å². The van der Waals surface area contributed by atoms with Crippen LogP contribution in [0.25, 0.3) is 0 Å². The van der Waals surface area contributed by atoms with Crippen LogP contribution in [0.5, 0.6) is 0 Å². The number of hydrogen-bond donors (Lipinski definition) is 3. The Morgan fingerprint density at radius 2 is 1.38 bits per heavy atom. The van der Waals surface area contributed by atoms with Crippen LogP contribution in [0.3, 0.4) is 0 Å². The number of halogens is 4. The highest BCUT2D eigenvalue weighted by Gasteiger charge is 2.28. The molecule has 0 aliphatic carbocycles. The Labute approximate surface area is 145 Å². The van der Waals surface area contributed by atoms with Gasteiger partial charge >= 0.3 is 17.9 Å². The van der Waals surface area contributed by atoms with Crippen molar-refractivity contribution in [2.45, 2.75) is 9.65 Å². The lowest BCUT2D eigenvalue weighted by Gasteiger charge is -2.05. The number of carboxylic acids is 3. The van der Waals surface area contributed by atoms with Gasteiger partial charge in [0.05, 0.1) is 10.6 Å². The van der Waals surface area contributed by atoms with Crippen LogP contribution in [0.4, 0.5) is 0 Å². The first-order valence-corrected chi connectivity index (χ1v) is 7.58. The van der Waals surface area contributed by atoms with Gasteiger partial charge in [-0.15, -0.1) is 0 Å². The van der Waals surface area contributed by atoms with Gasteiger partial charge in [-0.05, 0) is 18.2 Å². The number of benzene rings is 1. The summed E-state index contributed by atoms with van der Waals surface area (Å²) in [5.41, 5.74) is 0.0658. The molecule has 6 nitrogen and oxygen atoms in total. The predicted molar refractivity (Wildman–Crippen MR) is 84.1 cm³/mol. The van der Waals surface area contributed by atoms with Gasteiger partial charge in [-0.3, -0.25) is 9.59 Å². The van der Waals surface area contributed by atoms with Crippen LogP contribution in [-0.2, 0) is 9.59 Å². The summed E-state index contributed by atoms with van der Waals surface area (Å²) < 4.78 is 0. The molecule has 1 aromatic rings. The lowest BCUT2D eigenvalue weighted by atomic mass is 10.2. The molecule has 0 saturated carbocycles. The van der Waals surface area contributed by atoms with Crippen molar-refractivity contribution in [3.63, 3.8) is 0 Å². The SMILES string of the molecule is O=C(O)C(Br)C(Br)C(=O)O.O=C(O)c1ccc(Cl)cc1Cl. The number of carbonyl (C=O) groups is 3. The predicted octanol–water partition coefficient (Wildman–Crippen LogP) is 3.37. The van der Waals surface area contributed by atoms with Crippen molar-refractivity contribution < 1.29 is 29.7 Å². The van der Waals surface area contributed by atoms with E-state index in [4.69, 9.17) is 38.5 Å². The Balaban J connectivity index is 0.000000384. The van der Waals surface area contributed by atoms with Gasteiger partial charge in [-0.2, -0.15) is 0 Å². The maximum atomic E-state index is 10.4. The number of carboxylic acid groups (broad SMARTS) is 3. The van der Waals surface area contributed by atoms with E-state index in [0.717, 1.165) is 0 Å². The highest BCUT2D eigenvalue weighted by atomic mass is 79.9. The van der Waals surface area contributed by atoms with Crippen LogP contribution >= 0.6 is 55.1 Å². The van der Waals surface area contributed by atoms with E-state index in [1.165, 1.54) is 18.2 Å². The highest BCUT2D eigenvalue weighted by molar-refractivity contribution is 9.12. The summed E-state index contributed by atoms with van der Waals surface area (Å²) in [4.78, 5) is 28.4. The van der Waals surface area contributed by atoms with E-state index in [1.54, 1.807) is 0 Å². The van der Waals surface area contributed by atoms with Crippen LogP contribution in [-0.4, -0.2) is 42.9 Å². The molecule has 0 amide bonds. The van der Waals surface area contributed by atoms with Gasteiger partial charge in [0.2, 0.25) is 0 Å². The average Bonchev–Trinajstić information content (AvgIpc) is 2.36. The van der Waals surface area contributed by atoms with Gasteiger partial charge in [-0.1, -0.05) is 55.1 Å². The van der Waals surface area contributed by atoms with Gasteiger partial charge in [-0.25, -0.2) is 4.79 Å². The molecule has 3 N–H and O–H groups in total. The van der Waals surface area contributed by atoms with E-state index in [2.05, 4.69) is 31.9 Å². The Bertz CT molecular complexity index is 534. The number of rotatable bonds is 4. The largest absolute Gasteiger partial charge is 0.480 e. The molecule has 1 aromatic carbocycles. The van der Waals surface area contributed by atoms with Gasteiger partial charge in [0.25, 0.3) is 0 Å². The molecule has 21 heavy (non-hydrogen) atoms. The van der Waals surface area contributed by atoms with Crippen LogP contribution < -0.4 is 0 Å².